The Labute approximate surface area is 199 Å². The number of nitriles is 1. The van der Waals surface area contributed by atoms with Gasteiger partial charge in [0.15, 0.2) is 0 Å². The number of halogens is 1. The van der Waals surface area contributed by atoms with E-state index in [4.69, 9.17) is 9.57 Å². The van der Waals surface area contributed by atoms with Crippen molar-refractivity contribution in [3.63, 3.8) is 0 Å². The maximum absolute atomic E-state index is 14.6. The number of amides is 1. The molecule has 1 aliphatic rings. The second-order valence-electron chi connectivity index (χ2n) is 7.73. The van der Waals surface area contributed by atoms with E-state index in [2.05, 4.69) is 32.2 Å². The van der Waals surface area contributed by atoms with E-state index in [9.17, 15) is 14.4 Å². The highest BCUT2D eigenvalue weighted by Crippen LogP contribution is 2.31. The zero-order valence-corrected chi connectivity index (χ0v) is 18.6. The van der Waals surface area contributed by atoms with Gasteiger partial charge in [0.2, 0.25) is 0 Å². The van der Waals surface area contributed by atoms with E-state index in [-0.39, 0.29) is 0 Å². The number of aromatic nitrogens is 3. The van der Waals surface area contributed by atoms with Crippen molar-refractivity contribution in [3.05, 3.63) is 71.9 Å². The number of anilines is 1. The monoisotopic (exact) mass is 473 g/mol. The van der Waals surface area contributed by atoms with Gasteiger partial charge in [0, 0.05) is 30.1 Å². The van der Waals surface area contributed by atoms with E-state index in [0.29, 0.717) is 46.9 Å². The van der Waals surface area contributed by atoms with Gasteiger partial charge in [-0.05, 0) is 23.8 Å². The Bertz CT molecular complexity index is 1450. The Kier molecular flexibility index (Phi) is 5.87. The molecule has 1 amide bonds. The molecule has 3 N–H and O–H groups in total. The number of ether oxygens (including phenoxy) is 1. The third-order valence-corrected chi connectivity index (χ3v) is 5.68. The topological polar surface area (TPSA) is 126 Å². The molecule has 5 rings (SSSR count). The standard InChI is InChI=1S/C24H20FN7O3/c1-34-20-7-6-18(25)22-17(20)10-16(12-26)32(22)9-8-27-21-11-19(28-13-29-21)14-2-4-15(5-3-14)23-30-24(33)35-31-23/h2-7,10-11,13,23,31H,8-9H2,1H3,(H,30,33)(H,27,28,29). The molecule has 0 spiro atoms. The molecular weight excluding hydrogens is 453 g/mol. The number of methoxy groups -OCH3 is 1. The lowest BCUT2D eigenvalue weighted by Crippen LogP contribution is -2.21. The zero-order chi connectivity index (χ0) is 24.4. The molecule has 11 heteroatoms. The average molecular weight is 473 g/mol. The minimum Gasteiger partial charge on any atom is -0.496 e. The van der Waals surface area contributed by atoms with Crippen LogP contribution in [-0.2, 0) is 11.4 Å². The van der Waals surface area contributed by atoms with Crippen molar-refractivity contribution in [2.24, 2.45) is 0 Å². The number of rotatable bonds is 7. The lowest BCUT2D eigenvalue weighted by Gasteiger charge is -2.11. The van der Waals surface area contributed by atoms with Crippen LogP contribution in [0, 0.1) is 17.1 Å². The molecule has 0 radical (unpaired) electrons. The Balaban J connectivity index is 1.30. The molecule has 2 aromatic heterocycles. The van der Waals surface area contributed by atoms with Gasteiger partial charge in [-0.3, -0.25) is 5.32 Å². The molecule has 176 valence electrons. The van der Waals surface area contributed by atoms with Gasteiger partial charge in [0.25, 0.3) is 0 Å². The summed E-state index contributed by atoms with van der Waals surface area (Å²) in [7, 11) is 1.51. The van der Waals surface area contributed by atoms with Gasteiger partial charge in [0.1, 0.15) is 41.6 Å². The maximum atomic E-state index is 14.6. The molecule has 2 aromatic carbocycles. The van der Waals surface area contributed by atoms with Crippen molar-refractivity contribution < 1.29 is 18.8 Å². The van der Waals surface area contributed by atoms with Crippen LogP contribution in [0.4, 0.5) is 15.0 Å². The summed E-state index contributed by atoms with van der Waals surface area (Å²) < 4.78 is 21.5. The minimum absolute atomic E-state index is 0.324. The van der Waals surface area contributed by atoms with E-state index < -0.39 is 18.1 Å². The number of carbonyl (C=O) groups is 1. The Morgan fingerprint density at radius 2 is 2.06 bits per heavy atom. The summed E-state index contributed by atoms with van der Waals surface area (Å²) in [6, 6.07) is 15.9. The first-order valence-corrected chi connectivity index (χ1v) is 10.7. The lowest BCUT2D eigenvalue weighted by molar-refractivity contribution is 0.122. The second kappa shape index (κ2) is 9.28. The van der Waals surface area contributed by atoms with Crippen LogP contribution in [0.2, 0.25) is 0 Å². The van der Waals surface area contributed by atoms with Gasteiger partial charge < -0.3 is 19.5 Å². The lowest BCUT2D eigenvalue weighted by atomic mass is 10.1. The van der Waals surface area contributed by atoms with Crippen LogP contribution in [0.3, 0.4) is 0 Å². The van der Waals surface area contributed by atoms with Crippen LogP contribution in [0.1, 0.15) is 17.4 Å². The fraction of sp³-hybridized carbons (Fsp3) is 0.167. The van der Waals surface area contributed by atoms with Crippen molar-refractivity contribution in [1.82, 2.24) is 25.3 Å². The molecule has 3 heterocycles. The van der Waals surface area contributed by atoms with Crippen molar-refractivity contribution in [3.8, 4) is 23.1 Å². The van der Waals surface area contributed by atoms with Crippen LogP contribution >= 0.6 is 0 Å². The number of carbonyl (C=O) groups excluding carboxylic acids is 1. The van der Waals surface area contributed by atoms with Crippen molar-refractivity contribution >= 4 is 22.8 Å². The molecule has 1 atom stereocenters. The number of hydrogen-bond donors (Lipinski definition) is 3. The fourth-order valence-electron chi connectivity index (χ4n) is 4.01. The average Bonchev–Trinajstić information content (AvgIpc) is 3.49. The predicted octanol–water partition coefficient (Wildman–Crippen LogP) is 3.47. The van der Waals surface area contributed by atoms with Crippen LogP contribution in [0.25, 0.3) is 22.2 Å². The summed E-state index contributed by atoms with van der Waals surface area (Å²) in [4.78, 5) is 24.5. The van der Waals surface area contributed by atoms with Crippen LogP contribution in [0.15, 0.2) is 54.9 Å². The number of benzene rings is 2. The fourth-order valence-corrected chi connectivity index (χ4v) is 4.01. The third kappa shape index (κ3) is 4.30. The normalized spacial score (nSPS) is 14.9. The first-order chi connectivity index (χ1) is 17.1. The van der Waals surface area contributed by atoms with Crippen molar-refractivity contribution in [1.29, 1.82) is 5.26 Å². The Morgan fingerprint density at radius 1 is 1.23 bits per heavy atom. The highest BCUT2D eigenvalue weighted by atomic mass is 19.1. The van der Waals surface area contributed by atoms with Gasteiger partial charge >= 0.3 is 6.09 Å². The quantitative estimate of drug-likeness (QED) is 0.373. The van der Waals surface area contributed by atoms with Gasteiger partial charge in [-0.25, -0.2) is 19.2 Å². The van der Waals surface area contributed by atoms with Crippen molar-refractivity contribution in [2.75, 3.05) is 19.0 Å². The summed E-state index contributed by atoms with van der Waals surface area (Å²) >= 11 is 0. The van der Waals surface area contributed by atoms with Gasteiger partial charge in [-0.1, -0.05) is 24.3 Å². The predicted molar refractivity (Wildman–Crippen MR) is 125 cm³/mol. The molecule has 1 saturated heterocycles. The third-order valence-electron chi connectivity index (χ3n) is 5.68. The first kappa shape index (κ1) is 22.1. The molecule has 1 unspecified atom stereocenters. The van der Waals surface area contributed by atoms with E-state index >= 15 is 0 Å². The van der Waals surface area contributed by atoms with Crippen LogP contribution < -0.4 is 20.9 Å². The molecule has 1 aliphatic heterocycles. The largest absolute Gasteiger partial charge is 0.496 e. The van der Waals surface area contributed by atoms with E-state index in [1.54, 1.807) is 22.8 Å². The van der Waals surface area contributed by atoms with Gasteiger partial charge in [0.05, 0.1) is 18.3 Å². The molecule has 35 heavy (non-hydrogen) atoms. The van der Waals surface area contributed by atoms with Crippen LogP contribution in [-0.4, -0.2) is 34.3 Å². The molecule has 10 nitrogen and oxygen atoms in total. The highest BCUT2D eigenvalue weighted by Gasteiger charge is 2.23. The minimum atomic E-state index is -0.526. The summed E-state index contributed by atoms with van der Waals surface area (Å²) in [5, 5.41) is 16.0. The Hall–Kier alpha value is -4.69. The van der Waals surface area contributed by atoms with E-state index in [1.807, 2.05) is 24.3 Å². The molecule has 4 aromatic rings. The SMILES string of the molecule is COc1ccc(F)c2c1cc(C#N)n2CCNc1cc(-c2ccc(C3NOC(=O)N3)cc2)ncn1. The molecule has 0 aliphatic carbocycles. The molecule has 0 bridgehead atoms. The van der Waals surface area contributed by atoms with E-state index in [1.165, 1.54) is 19.5 Å². The number of hydrogen-bond acceptors (Lipinski definition) is 8. The summed E-state index contributed by atoms with van der Waals surface area (Å²) in [6.45, 7) is 0.740. The first-order valence-electron chi connectivity index (χ1n) is 10.7. The Morgan fingerprint density at radius 3 is 2.77 bits per heavy atom. The summed E-state index contributed by atoms with van der Waals surface area (Å²) in [5.74, 6) is 0.675. The number of fused-ring (bicyclic) bond motifs is 1. The highest BCUT2D eigenvalue weighted by molar-refractivity contribution is 5.88. The summed E-state index contributed by atoms with van der Waals surface area (Å²) in [6.07, 6.45) is 0.517. The van der Waals surface area contributed by atoms with Gasteiger partial charge in [-0.15, -0.1) is 5.48 Å². The summed E-state index contributed by atoms with van der Waals surface area (Å²) in [5.41, 5.74) is 5.67. The molecule has 1 fully saturated rings. The number of hydroxylamine groups is 1. The smallest absolute Gasteiger partial charge is 0.427 e. The van der Waals surface area contributed by atoms with Gasteiger partial charge in [-0.2, -0.15) is 5.26 Å². The maximum Gasteiger partial charge on any atom is 0.427 e. The molecule has 0 saturated carbocycles. The second-order valence-corrected chi connectivity index (χ2v) is 7.73. The van der Waals surface area contributed by atoms with Crippen molar-refractivity contribution in [2.45, 2.75) is 12.7 Å². The zero-order valence-electron chi connectivity index (χ0n) is 18.6. The van der Waals surface area contributed by atoms with E-state index in [0.717, 1.165) is 11.1 Å². The van der Waals surface area contributed by atoms with Crippen LogP contribution in [0.5, 0.6) is 5.75 Å². The number of nitrogens with zero attached hydrogens (tertiary/aromatic N) is 4. The number of nitrogens with one attached hydrogen (secondary N) is 3. The molecular formula is C24H20FN7O3.